The van der Waals surface area contributed by atoms with Crippen LogP contribution in [0.2, 0.25) is 0 Å². The third-order valence-electron chi connectivity index (χ3n) is 9.35. The van der Waals surface area contributed by atoms with Crippen molar-refractivity contribution in [1.82, 2.24) is 14.5 Å². The Bertz CT molecular complexity index is 2840. The van der Waals surface area contributed by atoms with E-state index in [4.69, 9.17) is 13.2 Å². The number of aryl methyl sites for hydroxylation is 5. The molecule has 0 N–H and O–H groups in total. The minimum absolute atomic E-state index is 0. The Morgan fingerprint density at radius 2 is 1.37 bits per heavy atom. The van der Waals surface area contributed by atoms with E-state index in [0.29, 0.717) is 11.3 Å². The van der Waals surface area contributed by atoms with Crippen LogP contribution in [-0.2, 0) is 20.1 Å². The predicted molar refractivity (Wildman–Crippen MR) is 224 cm³/mol. The van der Waals surface area contributed by atoms with E-state index in [0.717, 1.165) is 28.1 Å². The summed E-state index contributed by atoms with van der Waals surface area (Å²) in [4.78, 5) is 9.23. The Balaban J connectivity index is 0.000000220. The van der Waals surface area contributed by atoms with Gasteiger partial charge in [-0.05, 0) is 96.5 Å². The zero-order valence-corrected chi connectivity index (χ0v) is 33.2. The van der Waals surface area contributed by atoms with Crippen LogP contribution in [0.15, 0.2) is 146 Å². The summed E-state index contributed by atoms with van der Waals surface area (Å²) in [7, 11) is 0. The average Bonchev–Trinajstić information content (AvgIpc) is 3.82. The monoisotopic (exact) mass is 900 g/mol. The topological polar surface area (TPSA) is 30.7 Å². The van der Waals surface area contributed by atoms with Gasteiger partial charge >= 0.3 is 0 Å². The number of hydrogen-bond acceptors (Lipinski definition) is 3. The van der Waals surface area contributed by atoms with Crippen molar-refractivity contribution in [2.24, 2.45) is 0 Å². The number of para-hydroxylation sites is 2. The number of fused-ring (bicyclic) bond motifs is 2. The first-order valence-electron chi connectivity index (χ1n) is 20.4. The summed E-state index contributed by atoms with van der Waals surface area (Å²) in [5, 5.41) is 4.80. The first-order valence-corrected chi connectivity index (χ1v) is 18.2. The van der Waals surface area contributed by atoms with Crippen molar-refractivity contribution in [3.63, 3.8) is 0 Å². The van der Waals surface area contributed by atoms with E-state index in [-0.39, 0.29) is 31.2 Å². The number of benzene rings is 6. The van der Waals surface area contributed by atoms with Crippen LogP contribution < -0.4 is 0 Å². The summed E-state index contributed by atoms with van der Waals surface area (Å²) < 4.78 is 47.1. The van der Waals surface area contributed by atoms with Crippen molar-refractivity contribution in [2.75, 3.05) is 0 Å². The second-order valence-corrected chi connectivity index (χ2v) is 14.0. The summed E-state index contributed by atoms with van der Waals surface area (Å²) in [6, 6.07) is 49.4. The molecule has 0 saturated carbocycles. The third kappa shape index (κ3) is 7.49. The molecule has 6 aromatic carbocycles. The van der Waals surface area contributed by atoms with Crippen LogP contribution in [-0.4, -0.2) is 14.5 Å². The van der Waals surface area contributed by atoms with Crippen LogP contribution in [0.1, 0.15) is 36.0 Å². The first kappa shape index (κ1) is 29.9. The molecule has 3 aromatic heterocycles. The van der Waals surface area contributed by atoms with Gasteiger partial charge in [0.15, 0.2) is 0 Å². The van der Waals surface area contributed by atoms with Gasteiger partial charge in [-0.3, -0.25) is 16.3 Å². The maximum absolute atomic E-state index is 7.28. The standard InChI is InChI=1S/C36H27N2S.C13H12N.Ir/c1-23-19-24(2)35(25(3)20-23)28-15-18-34-30(21-28)31(22-39-34)36-37-32-11-7-8-12-33(32)38(36)29-16-13-27(14-17-29)26-9-5-4-6-10-26;1-10-3-6-12(7-4-10)13-8-5-11(2)9-14-13;/h4-21H,1-3H3;3-6,8-9H,1-2H3;/q2*-1;/i;1D3,2D3;. The Labute approximate surface area is 343 Å². The van der Waals surface area contributed by atoms with Crippen LogP contribution in [0.25, 0.3) is 71.7 Å². The summed E-state index contributed by atoms with van der Waals surface area (Å²) in [6.45, 7) is 2.24. The molecule has 0 amide bonds. The van der Waals surface area contributed by atoms with Gasteiger partial charge in [0.25, 0.3) is 0 Å². The Morgan fingerprint density at radius 1 is 0.667 bits per heavy atom. The van der Waals surface area contributed by atoms with Gasteiger partial charge in [0.1, 0.15) is 0 Å². The summed E-state index contributed by atoms with van der Waals surface area (Å²) in [6.07, 6.45) is 1.30. The largest absolute Gasteiger partial charge is 0.333 e. The number of pyridine rings is 1. The van der Waals surface area contributed by atoms with Gasteiger partial charge < -0.3 is 9.55 Å². The molecule has 0 fully saturated rings. The van der Waals surface area contributed by atoms with E-state index in [1.807, 2.05) is 0 Å². The van der Waals surface area contributed by atoms with Gasteiger partial charge in [0, 0.05) is 40.2 Å². The maximum atomic E-state index is 7.28. The van der Waals surface area contributed by atoms with Crippen molar-refractivity contribution >= 4 is 32.5 Å². The van der Waals surface area contributed by atoms with Crippen LogP contribution in [0.3, 0.4) is 0 Å². The van der Waals surface area contributed by atoms with Crippen molar-refractivity contribution < 1.29 is 28.3 Å². The molecule has 267 valence electrons. The molecule has 9 rings (SSSR count). The first-order chi connectivity index (χ1) is 28.2. The molecule has 3 nitrogen and oxygen atoms in total. The smallest absolute Gasteiger partial charge is 0.0774 e. The fourth-order valence-corrected chi connectivity index (χ4v) is 7.78. The summed E-state index contributed by atoms with van der Waals surface area (Å²) in [5.74, 6) is 0.921. The number of thiophene rings is 1. The SMILES string of the molecule is Cc1cc(C)c(-c2ccc3s[c-]c(-c4nc5ccccc5n4-c4ccc(-c5ccccc5)cc4)c3c2)c(C)c1.[2H]C([2H])([2H])c1c[c-]c(-c2ccc(C([2H])([2H])[2H])cn2)cc1.[Ir]. The van der Waals surface area contributed by atoms with Gasteiger partial charge in [-0.15, -0.1) is 40.8 Å². The van der Waals surface area contributed by atoms with Crippen molar-refractivity contribution in [2.45, 2.75) is 34.5 Å². The Hall–Kier alpha value is -5.45. The van der Waals surface area contributed by atoms with Crippen molar-refractivity contribution in [3.05, 3.63) is 185 Å². The van der Waals surface area contributed by atoms with Crippen LogP contribution in [0, 0.1) is 45.9 Å². The molecule has 5 heteroatoms. The molecule has 0 aliphatic carbocycles. The molecule has 9 aromatic rings. The van der Waals surface area contributed by atoms with Gasteiger partial charge in [0.05, 0.1) is 16.9 Å². The molecule has 0 unspecified atom stereocenters. The van der Waals surface area contributed by atoms with Gasteiger partial charge in [-0.25, -0.2) is 0 Å². The van der Waals surface area contributed by atoms with Crippen LogP contribution in [0.4, 0.5) is 0 Å². The molecular weight excluding hydrogens is 855 g/mol. The molecule has 3 heterocycles. The van der Waals surface area contributed by atoms with Crippen molar-refractivity contribution in [3.8, 4) is 50.6 Å². The second kappa shape index (κ2) is 15.9. The fraction of sp³-hybridized carbons (Fsp3) is 0.102. The normalized spacial score (nSPS) is 13.0. The molecule has 0 saturated heterocycles. The predicted octanol–water partition coefficient (Wildman–Crippen LogP) is 13.1. The number of imidazole rings is 1. The summed E-state index contributed by atoms with van der Waals surface area (Å²) in [5.41, 5.74) is 14.6. The van der Waals surface area contributed by atoms with E-state index in [2.05, 4.69) is 151 Å². The molecule has 54 heavy (non-hydrogen) atoms. The molecule has 1 radical (unpaired) electrons. The Kier molecular flexibility index (Phi) is 8.80. The maximum Gasteiger partial charge on any atom is 0.0774 e. The molecule has 0 spiro atoms. The van der Waals surface area contributed by atoms with Gasteiger partial charge in [0.2, 0.25) is 0 Å². The van der Waals surface area contributed by atoms with E-state index >= 15 is 0 Å². The minimum atomic E-state index is -2.18. The molecular formula is C49H39IrN3S-2. The zero-order valence-electron chi connectivity index (χ0n) is 35.9. The van der Waals surface area contributed by atoms with E-state index in [1.165, 1.54) is 73.4 Å². The van der Waals surface area contributed by atoms with Crippen LogP contribution >= 0.6 is 11.3 Å². The summed E-state index contributed by atoms with van der Waals surface area (Å²) >= 11 is 1.66. The molecule has 0 bridgehead atoms. The average molecular weight is 900 g/mol. The zero-order chi connectivity index (χ0) is 41.5. The number of hydrogen-bond donors (Lipinski definition) is 0. The van der Waals surface area contributed by atoms with E-state index in [9.17, 15) is 0 Å². The number of aromatic nitrogens is 3. The second-order valence-electron chi connectivity index (χ2n) is 13.2. The van der Waals surface area contributed by atoms with Gasteiger partial charge in [-0.1, -0.05) is 125 Å². The van der Waals surface area contributed by atoms with E-state index < -0.39 is 13.7 Å². The van der Waals surface area contributed by atoms with Crippen LogP contribution in [0.5, 0.6) is 0 Å². The minimum Gasteiger partial charge on any atom is -0.333 e. The molecule has 0 aliphatic rings. The Morgan fingerprint density at radius 3 is 2.07 bits per heavy atom. The number of nitrogens with zero attached hydrogens (tertiary/aromatic N) is 3. The molecule has 0 aliphatic heterocycles. The fourth-order valence-electron chi connectivity index (χ4n) is 6.96. The van der Waals surface area contributed by atoms with Gasteiger partial charge in [-0.2, -0.15) is 0 Å². The quantitative estimate of drug-likeness (QED) is 0.161. The van der Waals surface area contributed by atoms with Crippen molar-refractivity contribution in [1.29, 1.82) is 0 Å². The third-order valence-corrected chi connectivity index (χ3v) is 10.2. The number of rotatable bonds is 5. The molecule has 0 atom stereocenters. The van der Waals surface area contributed by atoms with E-state index in [1.54, 1.807) is 23.5 Å².